The molecule has 0 saturated heterocycles. The summed E-state index contributed by atoms with van der Waals surface area (Å²) in [5, 5.41) is 24.9. The zero-order valence-electron chi connectivity index (χ0n) is 16.9. The van der Waals surface area contributed by atoms with E-state index in [4.69, 9.17) is 5.41 Å². The summed E-state index contributed by atoms with van der Waals surface area (Å²) < 4.78 is 0. The van der Waals surface area contributed by atoms with E-state index in [1.807, 2.05) is 30.3 Å². The minimum Gasteiger partial charge on any atom is -0.354 e. The highest BCUT2D eigenvalue weighted by atomic mass is 16.7. The number of hydrogen-bond donors (Lipinski definition) is 5. The molecule has 0 aliphatic heterocycles. The van der Waals surface area contributed by atoms with Gasteiger partial charge in [0.1, 0.15) is 6.04 Å². The summed E-state index contributed by atoms with van der Waals surface area (Å²) in [5.74, 6) is -0.492. The van der Waals surface area contributed by atoms with Crippen LogP contribution in [-0.2, 0) is 16.0 Å². The number of benzene rings is 1. The normalized spacial score (nSPS) is 11.4. The van der Waals surface area contributed by atoms with Gasteiger partial charge in [0.2, 0.25) is 11.8 Å². The molecule has 0 aliphatic rings. The van der Waals surface area contributed by atoms with E-state index in [0.29, 0.717) is 25.3 Å². The van der Waals surface area contributed by atoms with E-state index in [1.54, 1.807) is 5.43 Å². The van der Waals surface area contributed by atoms with E-state index in [1.165, 1.54) is 0 Å². The Kier molecular flexibility index (Phi) is 10.8. The molecule has 1 aromatic carbocycles. The van der Waals surface area contributed by atoms with Gasteiger partial charge < -0.3 is 16.0 Å². The topological polar surface area (TPSA) is 149 Å². The summed E-state index contributed by atoms with van der Waals surface area (Å²) in [6.07, 6.45) is 1.79. The van der Waals surface area contributed by atoms with E-state index in [9.17, 15) is 19.7 Å². The average Bonchev–Trinajstić information content (AvgIpc) is 2.64. The van der Waals surface area contributed by atoms with Crippen molar-refractivity contribution in [3.63, 3.8) is 0 Å². The fourth-order valence-electron chi connectivity index (χ4n) is 2.55. The van der Waals surface area contributed by atoms with Gasteiger partial charge in [0.15, 0.2) is 5.03 Å². The van der Waals surface area contributed by atoms with E-state index >= 15 is 0 Å². The monoisotopic (exact) mass is 406 g/mol. The number of hydrazine groups is 1. The van der Waals surface area contributed by atoms with Crippen LogP contribution in [0.5, 0.6) is 0 Å². The zero-order chi connectivity index (χ0) is 21.6. The highest BCUT2D eigenvalue weighted by Gasteiger charge is 2.20. The van der Waals surface area contributed by atoms with Gasteiger partial charge in [-0.15, -0.1) is 0 Å². The van der Waals surface area contributed by atoms with Crippen LogP contribution in [0.15, 0.2) is 30.3 Å². The number of nitrogens with one attached hydrogen (secondary N) is 5. The molecular weight excluding hydrogens is 376 g/mol. The van der Waals surface area contributed by atoms with Crippen molar-refractivity contribution < 1.29 is 14.6 Å². The first-order chi connectivity index (χ1) is 13.8. The van der Waals surface area contributed by atoms with Crippen molar-refractivity contribution in [1.29, 1.82) is 5.41 Å². The molecule has 0 unspecified atom stereocenters. The van der Waals surface area contributed by atoms with Crippen LogP contribution >= 0.6 is 0 Å². The summed E-state index contributed by atoms with van der Waals surface area (Å²) in [6.45, 7) is 4.90. The number of carbonyl (C=O) groups is 2. The van der Waals surface area contributed by atoms with Crippen LogP contribution in [-0.4, -0.2) is 41.9 Å². The largest absolute Gasteiger partial charge is 0.354 e. The van der Waals surface area contributed by atoms with Crippen LogP contribution in [0.1, 0.15) is 38.7 Å². The number of nitro groups is 1. The minimum atomic E-state index is -0.829. The van der Waals surface area contributed by atoms with Crippen LogP contribution in [0.2, 0.25) is 0 Å². The Balaban J connectivity index is 2.55. The molecule has 2 amide bonds. The number of rotatable bonds is 12. The quantitative estimate of drug-likeness (QED) is 0.115. The number of nitrogens with zero attached hydrogens (tertiary/aromatic N) is 1. The second-order valence-corrected chi connectivity index (χ2v) is 7.07. The summed E-state index contributed by atoms with van der Waals surface area (Å²) in [7, 11) is 0. The highest BCUT2D eigenvalue weighted by Crippen LogP contribution is 2.03. The fraction of sp³-hybridized carbons (Fsp3) is 0.526. The Morgan fingerprint density at radius 1 is 1.10 bits per heavy atom. The molecule has 0 aromatic heterocycles. The van der Waals surface area contributed by atoms with Crippen molar-refractivity contribution >= 4 is 17.8 Å². The smallest absolute Gasteiger partial charge is 0.251 e. The molecule has 0 heterocycles. The Labute approximate surface area is 170 Å². The predicted molar refractivity (Wildman–Crippen MR) is 110 cm³/mol. The summed E-state index contributed by atoms with van der Waals surface area (Å²) in [4.78, 5) is 35.1. The van der Waals surface area contributed by atoms with Crippen LogP contribution in [0, 0.1) is 21.4 Å². The molecular formula is C19H30N6O4. The van der Waals surface area contributed by atoms with Gasteiger partial charge in [-0.3, -0.25) is 15.0 Å². The van der Waals surface area contributed by atoms with E-state index < -0.39 is 17.0 Å². The van der Waals surface area contributed by atoms with Crippen molar-refractivity contribution in [1.82, 2.24) is 21.4 Å². The maximum atomic E-state index is 12.5. The molecule has 5 N–H and O–H groups in total. The van der Waals surface area contributed by atoms with E-state index in [-0.39, 0.29) is 24.8 Å². The maximum Gasteiger partial charge on any atom is 0.251 e. The van der Waals surface area contributed by atoms with Gasteiger partial charge in [-0.1, -0.05) is 49.6 Å². The molecule has 0 spiro atoms. The molecule has 10 nitrogen and oxygen atoms in total. The predicted octanol–water partition coefficient (Wildman–Crippen LogP) is 0.962. The zero-order valence-corrected chi connectivity index (χ0v) is 16.9. The van der Waals surface area contributed by atoms with Crippen molar-refractivity contribution in [3.8, 4) is 0 Å². The van der Waals surface area contributed by atoms with Crippen LogP contribution in [0.3, 0.4) is 0 Å². The molecule has 0 fully saturated rings. The van der Waals surface area contributed by atoms with E-state index in [2.05, 4.69) is 29.8 Å². The maximum absolute atomic E-state index is 12.5. The van der Waals surface area contributed by atoms with Gasteiger partial charge in [-0.05, 0) is 30.7 Å². The molecule has 0 bridgehead atoms. The first-order valence-electron chi connectivity index (χ1n) is 9.62. The van der Waals surface area contributed by atoms with Gasteiger partial charge in [0.25, 0.3) is 5.96 Å². The molecule has 160 valence electrons. The highest BCUT2D eigenvalue weighted by molar-refractivity contribution is 5.88. The molecule has 1 aromatic rings. The number of guanidine groups is 1. The van der Waals surface area contributed by atoms with Gasteiger partial charge in [-0.25, -0.2) is 10.1 Å². The standard InChI is InChI=1S/C19H30N6O4/c1-14(2)10-12-21-18(27)16(9-6-11-22-19(20)24-25(28)29)23-17(26)13-15-7-4-3-5-8-15/h3-5,7-8,14,16H,6,9-13H2,1-2H3,(H,21,27)(H,23,26)(H3,20,22,24)/t16-/m0/s1. The third-order valence-corrected chi connectivity index (χ3v) is 4.05. The van der Waals surface area contributed by atoms with E-state index in [0.717, 1.165) is 12.0 Å². The third-order valence-electron chi connectivity index (χ3n) is 4.05. The van der Waals surface area contributed by atoms with Crippen molar-refractivity contribution in [3.05, 3.63) is 46.0 Å². The molecule has 0 radical (unpaired) electrons. The lowest BCUT2D eigenvalue weighted by Gasteiger charge is -2.19. The third kappa shape index (κ3) is 11.3. The second kappa shape index (κ2) is 13.1. The molecule has 1 rings (SSSR count). The lowest BCUT2D eigenvalue weighted by Crippen LogP contribution is -2.48. The summed E-state index contributed by atoms with van der Waals surface area (Å²) in [6, 6.07) is 8.53. The second-order valence-electron chi connectivity index (χ2n) is 7.07. The van der Waals surface area contributed by atoms with Gasteiger partial charge in [0, 0.05) is 13.1 Å². The summed E-state index contributed by atoms with van der Waals surface area (Å²) in [5.41, 5.74) is 2.55. The first kappa shape index (κ1) is 23.9. The van der Waals surface area contributed by atoms with Gasteiger partial charge in [0.05, 0.1) is 6.42 Å². The minimum absolute atomic E-state index is 0.173. The molecule has 1 atom stereocenters. The number of hydrogen-bond acceptors (Lipinski definition) is 5. The van der Waals surface area contributed by atoms with Gasteiger partial charge >= 0.3 is 0 Å². The first-order valence-corrected chi connectivity index (χ1v) is 9.62. The molecule has 10 heteroatoms. The Hall–Kier alpha value is -3.17. The van der Waals surface area contributed by atoms with Crippen LogP contribution in [0.25, 0.3) is 0 Å². The molecule has 0 saturated carbocycles. The van der Waals surface area contributed by atoms with Crippen LogP contribution < -0.4 is 21.4 Å². The number of amides is 2. The average molecular weight is 406 g/mol. The van der Waals surface area contributed by atoms with Gasteiger partial charge in [-0.2, -0.15) is 0 Å². The Morgan fingerprint density at radius 2 is 1.79 bits per heavy atom. The van der Waals surface area contributed by atoms with Crippen molar-refractivity contribution in [2.45, 2.75) is 45.6 Å². The lowest BCUT2D eigenvalue weighted by atomic mass is 10.1. The molecule has 0 aliphatic carbocycles. The molecule has 29 heavy (non-hydrogen) atoms. The van der Waals surface area contributed by atoms with Crippen molar-refractivity contribution in [2.75, 3.05) is 13.1 Å². The lowest BCUT2D eigenvalue weighted by molar-refractivity contribution is -0.525. The number of carbonyl (C=O) groups excluding carboxylic acids is 2. The fourth-order valence-corrected chi connectivity index (χ4v) is 2.55. The Bertz CT molecular complexity index is 681. The SMILES string of the molecule is CC(C)CCNC(=O)[C@H](CCCNC(=N)N[N+](=O)[O-])NC(=O)Cc1ccccc1. The van der Waals surface area contributed by atoms with Crippen LogP contribution in [0.4, 0.5) is 0 Å². The Morgan fingerprint density at radius 3 is 2.41 bits per heavy atom. The summed E-state index contributed by atoms with van der Waals surface area (Å²) >= 11 is 0. The van der Waals surface area contributed by atoms with Crippen molar-refractivity contribution in [2.24, 2.45) is 5.92 Å².